The molecule has 92 valence electrons. The van der Waals surface area contributed by atoms with Crippen molar-refractivity contribution < 1.29 is 4.39 Å². The van der Waals surface area contributed by atoms with Gasteiger partial charge in [-0.2, -0.15) is 0 Å². The molecule has 0 aliphatic rings. The van der Waals surface area contributed by atoms with Gasteiger partial charge in [0.15, 0.2) is 0 Å². The summed E-state index contributed by atoms with van der Waals surface area (Å²) in [6.07, 6.45) is 0. The zero-order chi connectivity index (χ0) is 12.6. The molecule has 2 aromatic rings. The average Bonchev–Trinajstić information content (AvgIpc) is 2.67. The number of hydrogen-bond acceptors (Lipinski definition) is 2. The predicted octanol–water partition coefficient (Wildman–Crippen LogP) is 2.43. The number of hydrogen-bond donors (Lipinski definition) is 1. The number of aromatic nitrogens is 2. The predicted molar refractivity (Wildman–Crippen MR) is 67.4 cm³/mol. The molecule has 0 unspecified atom stereocenters. The summed E-state index contributed by atoms with van der Waals surface area (Å²) in [6, 6.07) is 4.71. The standard InChI is InChI=1S/C13H18FN3/c1-4-17-11-6-5-9(14)7-10(11)16-12(17)13(2,3)8-15/h5-7H,4,8,15H2,1-3H3. The van der Waals surface area contributed by atoms with Crippen LogP contribution >= 0.6 is 0 Å². The van der Waals surface area contributed by atoms with Crippen LogP contribution in [-0.4, -0.2) is 16.1 Å². The van der Waals surface area contributed by atoms with Crippen LogP contribution in [0.25, 0.3) is 11.0 Å². The largest absolute Gasteiger partial charge is 0.329 e. The van der Waals surface area contributed by atoms with E-state index < -0.39 is 0 Å². The minimum atomic E-state index is -0.254. The average molecular weight is 235 g/mol. The molecule has 0 saturated heterocycles. The maximum Gasteiger partial charge on any atom is 0.125 e. The Hall–Kier alpha value is -1.42. The van der Waals surface area contributed by atoms with Gasteiger partial charge in [-0.1, -0.05) is 13.8 Å². The highest BCUT2D eigenvalue weighted by Gasteiger charge is 2.25. The Morgan fingerprint density at radius 1 is 1.41 bits per heavy atom. The van der Waals surface area contributed by atoms with E-state index in [-0.39, 0.29) is 11.2 Å². The van der Waals surface area contributed by atoms with Gasteiger partial charge < -0.3 is 10.3 Å². The van der Waals surface area contributed by atoms with Crippen molar-refractivity contribution in [1.29, 1.82) is 0 Å². The molecule has 0 atom stereocenters. The lowest BCUT2D eigenvalue weighted by Crippen LogP contribution is -2.31. The van der Waals surface area contributed by atoms with E-state index >= 15 is 0 Å². The number of nitrogens with zero attached hydrogens (tertiary/aromatic N) is 2. The third-order valence-electron chi connectivity index (χ3n) is 3.14. The molecule has 1 aromatic carbocycles. The number of benzene rings is 1. The van der Waals surface area contributed by atoms with Crippen LogP contribution in [-0.2, 0) is 12.0 Å². The molecular formula is C13H18FN3. The molecule has 0 aliphatic carbocycles. The highest BCUT2D eigenvalue weighted by atomic mass is 19.1. The summed E-state index contributed by atoms with van der Waals surface area (Å²) < 4.78 is 15.3. The van der Waals surface area contributed by atoms with E-state index in [2.05, 4.69) is 30.3 Å². The maximum absolute atomic E-state index is 13.2. The molecule has 0 fully saturated rings. The van der Waals surface area contributed by atoms with Gasteiger partial charge in [-0.3, -0.25) is 0 Å². The Morgan fingerprint density at radius 2 is 2.12 bits per heavy atom. The van der Waals surface area contributed by atoms with Crippen molar-refractivity contribution in [3.63, 3.8) is 0 Å². The van der Waals surface area contributed by atoms with E-state index in [1.807, 2.05) is 0 Å². The zero-order valence-electron chi connectivity index (χ0n) is 10.5. The first-order valence-corrected chi connectivity index (χ1v) is 5.86. The minimum Gasteiger partial charge on any atom is -0.329 e. The highest BCUT2D eigenvalue weighted by molar-refractivity contribution is 5.76. The third-order valence-corrected chi connectivity index (χ3v) is 3.14. The number of nitrogens with two attached hydrogens (primary N) is 1. The van der Waals surface area contributed by atoms with Crippen LogP contribution in [0.5, 0.6) is 0 Å². The normalized spacial score (nSPS) is 12.3. The van der Waals surface area contributed by atoms with E-state index in [1.54, 1.807) is 6.07 Å². The lowest BCUT2D eigenvalue weighted by atomic mass is 9.92. The fourth-order valence-electron chi connectivity index (χ4n) is 2.03. The van der Waals surface area contributed by atoms with Crippen molar-refractivity contribution in [1.82, 2.24) is 9.55 Å². The van der Waals surface area contributed by atoms with E-state index in [4.69, 9.17) is 5.73 Å². The second kappa shape index (κ2) is 4.11. The molecule has 0 amide bonds. The first-order valence-electron chi connectivity index (χ1n) is 5.86. The monoisotopic (exact) mass is 235 g/mol. The van der Waals surface area contributed by atoms with E-state index in [0.717, 1.165) is 17.9 Å². The van der Waals surface area contributed by atoms with Crippen molar-refractivity contribution in [2.45, 2.75) is 32.7 Å². The Kier molecular flexibility index (Phi) is 2.91. The SMILES string of the molecule is CCn1c(C(C)(C)CN)nc2cc(F)ccc21. The fraction of sp³-hybridized carbons (Fsp3) is 0.462. The Morgan fingerprint density at radius 3 is 2.71 bits per heavy atom. The molecule has 0 bridgehead atoms. The molecule has 1 aromatic heterocycles. The summed E-state index contributed by atoms with van der Waals surface area (Å²) >= 11 is 0. The summed E-state index contributed by atoms with van der Waals surface area (Å²) in [5, 5.41) is 0. The molecule has 3 nitrogen and oxygen atoms in total. The number of imidazole rings is 1. The molecule has 0 aliphatic heterocycles. The van der Waals surface area contributed by atoms with Crippen molar-refractivity contribution in [2.24, 2.45) is 5.73 Å². The number of halogens is 1. The van der Waals surface area contributed by atoms with Gasteiger partial charge in [-0.25, -0.2) is 9.37 Å². The van der Waals surface area contributed by atoms with Crippen molar-refractivity contribution >= 4 is 11.0 Å². The van der Waals surface area contributed by atoms with Crippen LogP contribution in [0.2, 0.25) is 0 Å². The van der Waals surface area contributed by atoms with Gasteiger partial charge in [0.25, 0.3) is 0 Å². The zero-order valence-corrected chi connectivity index (χ0v) is 10.5. The lowest BCUT2D eigenvalue weighted by Gasteiger charge is -2.22. The van der Waals surface area contributed by atoms with Crippen LogP contribution in [0.3, 0.4) is 0 Å². The number of aryl methyl sites for hydroxylation is 1. The van der Waals surface area contributed by atoms with Crippen molar-refractivity contribution in [3.05, 3.63) is 29.8 Å². The molecular weight excluding hydrogens is 217 g/mol. The molecule has 17 heavy (non-hydrogen) atoms. The summed E-state index contributed by atoms with van der Waals surface area (Å²) in [6.45, 7) is 7.48. The van der Waals surface area contributed by atoms with Crippen LogP contribution in [0.4, 0.5) is 4.39 Å². The fourth-order valence-corrected chi connectivity index (χ4v) is 2.03. The van der Waals surface area contributed by atoms with Gasteiger partial charge in [0.05, 0.1) is 11.0 Å². The Labute approximate surface area is 100 Å². The molecule has 1 heterocycles. The molecule has 2 N–H and O–H groups in total. The molecule has 0 spiro atoms. The topological polar surface area (TPSA) is 43.8 Å². The smallest absolute Gasteiger partial charge is 0.125 e. The van der Waals surface area contributed by atoms with Crippen molar-refractivity contribution in [2.75, 3.05) is 6.54 Å². The Balaban J connectivity index is 2.72. The molecule has 4 heteroatoms. The van der Waals surface area contributed by atoms with Crippen LogP contribution in [0, 0.1) is 5.82 Å². The van der Waals surface area contributed by atoms with E-state index in [9.17, 15) is 4.39 Å². The molecule has 0 radical (unpaired) electrons. The molecule has 2 rings (SSSR count). The summed E-state index contributed by atoms with van der Waals surface area (Å²) in [7, 11) is 0. The minimum absolute atomic E-state index is 0.203. The first kappa shape index (κ1) is 12.0. The van der Waals surface area contributed by atoms with Gasteiger partial charge in [0, 0.05) is 24.6 Å². The van der Waals surface area contributed by atoms with Gasteiger partial charge in [-0.05, 0) is 19.1 Å². The van der Waals surface area contributed by atoms with Gasteiger partial charge >= 0.3 is 0 Å². The summed E-state index contributed by atoms with van der Waals surface area (Å²) in [5.74, 6) is 0.665. The number of rotatable bonds is 3. The lowest BCUT2D eigenvalue weighted by molar-refractivity contribution is 0.477. The van der Waals surface area contributed by atoms with E-state index in [0.29, 0.717) is 12.1 Å². The second-order valence-electron chi connectivity index (χ2n) is 4.90. The van der Waals surface area contributed by atoms with Crippen LogP contribution in [0.1, 0.15) is 26.6 Å². The van der Waals surface area contributed by atoms with Crippen molar-refractivity contribution in [3.8, 4) is 0 Å². The molecule has 0 saturated carbocycles. The third kappa shape index (κ3) is 1.93. The maximum atomic E-state index is 13.2. The first-order chi connectivity index (χ1) is 7.99. The highest BCUT2D eigenvalue weighted by Crippen LogP contribution is 2.26. The van der Waals surface area contributed by atoms with Gasteiger partial charge in [-0.15, -0.1) is 0 Å². The second-order valence-corrected chi connectivity index (χ2v) is 4.90. The van der Waals surface area contributed by atoms with E-state index in [1.165, 1.54) is 12.1 Å². The summed E-state index contributed by atoms with van der Waals surface area (Å²) in [4.78, 5) is 4.53. The quantitative estimate of drug-likeness (QED) is 0.888. The van der Waals surface area contributed by atoms with Gasteiger partial charge in [0.1, 0.15) is 11.6 Å². The van der Waals surface area contributed by atoms with Crippen LogP contribution in [0.15, 0.2) is 18.2 Å². The number of fused-ring (bicyclic) bond motifs is 1. The Bertz CT molecular complexity index is 543. The van der Waals surface area contributed by atoms with Crippen LogP contribution < -0.4 is 5.73 Å². The van der Waals surface area contributed by atoms with Gasteiger partial charge in [0.2, 0.25) is 0 Å². The summed E-state index contributed by atoms with van der Waals surface area (Å²) in [5.41, 5.74) is 7.24.